The summed E-state index contributed by atoms with van der Waals surface area (Å²) < 4.78 is 56.9. The molecule has 6 rings (SSSR count). The third-order valence-electron chi connectivity index (χ3n) is 7.70. The Balaban J connectivity index is 1.58. The van der Waals surface area contributed by atoms with E-state index >= 15 is 0 Å². The molecule has 0 radical (unpaired) electrons. The number of fused-ring (bicyclic) bond motifs is 4. The quantitative estimate of drug-likeness (QED) is 0.159. The SMILES string of the molecule is COCc1nc2c3c(c(OC)cc2n1C)-c1cccn2c(C(=O)c4cc(F)c(NC(=O)F)c(F)c4)cc(c12)CCN3C. The van der Waals surface area contributed by atoms with Gasteiger partial charge < -0.3 is 23.3 Å². The first-order valence-corrected chi connectivity index (χ1v) is 13.0. The number of ketones is 1. The number of imidazole rings is 1. The molecule has 1 aliphatic rings. The van der Waals surface area contributed by atoms with Gasteiger partial charge in [-0.1, -0.05) is 6.07 Å². The molecular weight excluding hydrogens is 551 g/mol. The van der Waals surface area contributed by atoms with Crippen LogP contribution in [0.2, 0.25) is 0 Å². The van der Waals surface area contributed by atoms with E-state index in [2.05, 4.69) is 4.90 Å². The average Bonchev–Trinajstić information content (AvgIpc) is 3.48. The second-order valence-electron chi connectivity index (χ2n) is 10.1. The molecule has 1 amide bonds. The van der Waals surface area contributed by atoms with E-state index < -0.39 is 29.3 Å². The number of likely N-dealkylation sites (N-methyl/N-ethyl adjacent to an activating group) is 1. The molecule has 5 aromatic rings. The Morgan fingerprint density at radius 1 is 1.10 bits per heavy atom. The van der Waals surface area contributed by atoms with Crippen LogP contribution in [0, 0.1) is 11.6 Å². The largest absolute Gasteiger partial charge is 0.496 e. The van der Waals surface area contributed by atoms with Crippen molar-refractivity contribution in [1.82, 2.24) is 14.0 Å². The van der Waals surface area contributed by atoms with Crippen LogP contribution < -0.4 is 15.0 Å². The fraction of sp³-hybridized carbons (Fsp3) is 0.233. The molecule has 1 N–H and O–H groups in total. The number of nitrogens with zero attached hydrogens (tertiary/aromatic N) is 4. The van der Waals surface area contributed by atoms with E-state index in [1.54, 1.807) is 36.9 Å². The molecule has 0 saturated carbocycles. The van der Waals surface area contributed by atoms with Crippen LogP contribution in [0.4, 0.5) is 29.3 Å². The number of carbonyl (C=O) groups excluding carboxylic acids is 2. The van der Waals surface area contributed by atoms with Crippen molar-refractivity contribution in [3.05, 3.63) is 76.9 Å². The van der Waals surface area contributed by atoms with Gasteiger partial charge in [0.1, 0.15) is 29.4 Å². The molecule has 12 heteroatoms. The summed E-state index contributed by atoms with van der Waals surface area (Å²) in [5.41, 5.74) is 4.66. The normalized spacial score (nSPS) is 12.8. The van der Waals surface area contributed by atoms with Gasteiger partial charge in [-0.05, 0) is 36.2 Å². The fourth-order valence-corrected chi connectivity index (χ4v) is 5.76. The van der Waals surface area contributed by atoms with E-state index in [1.165, 1.54) is 5.32 Å². The van der Waals surface area contributed by atoms with Gasteiger partial charge in [-0.3, -0.25) is 10.1 Å². The number of ether oxygens (including phenoxy) is 2. The number of rotatable bonds is 6. The zero-order valence-corrected chi connectivity index (χ0v) is 23.2. The zero-order chi connectivity index (χ0) is 29.9. The molecule has 0 aliphatic carbocycles. The number of methoxy groups -OCH3 is 2. The number of nitrogens with one attached hydrogen (secondary N) is 1. The van der Waals surface area contributed by atoms with Crippen LogP contribution in [0.5, 0.6) is 5.75 Å². The third-order valence-corrected chi connectivity index (χ3v) is 7.70. The maximum absolute atomic E-state index is 14.6. The van der Waals surface area contributed by atoms with Crippen molar-refractivity contribution in [1.29, 1.82) is 0 Å². The van der Waals surface area contributed by atoms with Crippen molar-refractivity contribution in [3.8, 4) is 16.9 Å². The molecule has 9 nitrogen and oxygen atoms in total. The van der Waals surface area contributed by atoms with Gasteiger partial charge in [0, 0.05) is 51.1 Å². The van der Waals surface area contributed by atoms with Gasteiger partial charge in [-0.2, -0.15) is 0 Å². The first-order valence-electron chi connectivity index (χ1n) is 13.0. The molecule has 0 saturated heterocycles. The second kappa shape index (κ2) is 10.2. The van der Waals surface area contributed by atoms with Crippen molar-refractivity contribution >= 4 is 39.9 Å². The summed E-state index contributed by atoms with van der Waals surface area (Å²) in [5, 5.41) is 1.47. The maximum atomic E-state index is 14.6. The minimum absolute atomic E-state index is 0.189. The fourth-order valence-electron chi connectivity index (χ4n) is 5.76. The molecule has 0 bridgehead atoms. The number of benzene rings is 2. The lowest BCUT2D eigenvalue weighted by atomic mass is 9.96. The van der Waals surface area contributed by atoms with Crippen LogP contribution >= 0.6 is 0 Å². The number of carbonyl (C=O) groups is 2. The first-order chi connectivity index (χ1) is 20.1. The van der Waals surface area contributed by atoms with Crippen molar-refractivity contribution in [3.63, 3.8) is 0 Å². The Kier molecular flexibility index (Phi) is 6.65. The molecule has 216 valence electrons. The Bertz CT molecular complexity index is 1910. The Labute approximate surface area is 238 Å². The van der Waals surface area contributed by atoms with Gasteiger partial charge in [0.25, 0.3) is 0 Å². The summed E-state index contributed by atoms with van der Waals surface area (Å²) in [6, 6.07) is 8.92. The monoisotopic (exact) mass is 577 g/mol. The van der Waals surface area contributed by atoms with Crippen molar-refractivity contribution in [2.75, 3.05) is 38.0 Å². The van der Waals surface area contributed by atoms with E-state index in [0.29, 0.717) is 25.3 Å². The van der Waals surface area contributed by atoms with Gasteiger partial charge in [-0.25, -0.2) is 18.6 Å². The minimum atomic E-state index is -2.12. The molecule has 0 unspecified atom stereocenters. The lowest BCUT2D eigenvalue weighted by molar-refractivity contribution is 0.103. The van der Waals surface area contributed by atoms with E-state index in [9.17, 15) is 22.8 Å². The zero-order valence-electron chi connectivity index (χ0n) is 23.2. The molecule has 42 heavy (non-hydrogen) atoms. The minimum Gasteiger partial charge on any atom is -0.496 e. The Morgan fingerprint density at radius 2 is 1.83 bits per heavy atom. The van der Waals surface area contributed by atoms with E-state index in [-0.39, 0.29) is 11.3 Å². The molecule has 2 aromatic carbocycles. The summed E-state index contributed by atoms with van der Waals surface area (Å²) >= 11 is 0. The van der Waals surface area contributed by atoms with Crippen molar-refractivity contribution in [2.45, 2.75) is 13.0 Å². The lowest BCUT2D eigenvalue weighted by Gasteiger charge is -2.27. The molecule has 4 heterocycles. The van der Waals surface area contributed by atoms with Crippen molar-refractivity contribution < 1.29 is 32.2 Å². The number of hydrogen-bond donors (Lipinski definition) is 1. The summed E-state index contributed by atoms with van der Waals surface area (Å²) in [4.78, 5) is 31.4. The van der Waals surface area contributed by atoms with E-state index in [4.69, 9.17) is 14.5 Å². The number of anilines is 2. The highest BCUT2D eigenvalue weighted by Crippen LogP contribution is 2.47. The van der Waals surface area contributed by atoms with Crippen LogP contribution in [0.3, 0.4) is 0 Å². The number of amides is 1. The van der Waals surface area contributed by atoms with Crippen LogP contribution in [0.25, 0.3) is 27.7 Å². The van der Waals surface area contributed by atoms with Gasteiger partial charge in [0.15, 0.2) is 11.6 Å². The molecule has 0 spiro atoms. The Morgan fingerprint density at radius 3 is 2.50 bits per heavy atom. The van der Waals surface area contributed by atoms with Crippen LogP contribution in [0.15, 0.2) is 42.6 Å². The van der Waals surface area contributed by atoms with Crippen LogP contribution in [-0.4, -0.2) is 53.7 Å². The first kappa shape index (κ1) is 27.3. The summed E-state index contributed by atoms with van der Waals surface area (Å²) in [5.74, 6) is -1.81. The smallest absolute Gasteiger partial charge is 0.402 e. The molecule has 1 aliphatic heterocycles. The van der Waals surface area contributed by atoms with E-state index in [1.807, 2.05) is 30.8 Å². The van der Waals surface area contributed by atoms with Crippen LogP contribution in [-0.2, 0) is 24.8 Å². The Hall–Kier alpha value is -4.84. The van der Waals surface area contributed by atoms with Crippen molar-refractivity contribution in [2.24, 2.45) is 7.05 Å². The maximum Gasteiger partial charge on any atom is 0.402 e. The molecule has 0 fully saturated rings. The highest BCUT2D eigenvalue weighted by atomic mass is 19.1. The van der Waals surface area contributed by atoms with E-state index in [0.717, 1.165) is 56.9 Å². The number of hydrogen-bond acceptors (Lipinski definition) is 6. The van der Waals surface area contributed by atoms with Gasteiger partial charge in [0.05, 0.1) is 35.1 Å². The van der Waals surface area contributed by atoms with Gasteiger partial charge >= 0.3 is 6.16 Å². The average molecular weight is 578 g/mol. The topological polar surface area (TPSA) is 90.1 Å². The lowest BCUT2D eigenvalue weighted by Crippen LogP contribution is -2.23. The number of aryl methyl sites for hydroxylation is 1. The van der Waals surface area contributed by atoms with Gasteiger partial charge in [-0.15, -0.1) is 4.39 Å². The highest BCUT2D eigenvalue weighted by molar-refractivity contribution is 6.11. The molecular formula is C30H26F3N5O4. The highest BCUT2D eigenvalue weighted by Gasteiger charge is 2.29. The van der Waals surface area contributed by atoms with Gasteiger partial charge in [0.2, 0.25) is 5.78 Å². The number of pyridine rings is 1. The summed E-state index contributed by atoms with van der Waals surface area (Å²) in [7, 11) is 7.10. The molecule has 0 atom stereocenters. The number of aromatic nitrogens is 3. The summed E-state index contributed by atoms with van der Waals surface area (Å²) in [6.07, 6.45) is 0.156. The second-order valence-corrected chi connectivity index (χ2v) is 10.1. The number of halogens is 3. The predicted octanol–water partition coefficient (Wildman–Crippen LogP) is 5.65. The standard InChI is InChI=1S/C30H26F3N5O4/c1-36-9-7-15-12-21(29(39)16-10-18(31)25(19(32)11-16)35-30(33)40)38-8-5-6-17(27(15)38)24-22(42-4)13-20-26(28(24)36)34-23(14-41-3)37(20)2/h5-6,8,10-13H,7,9,14H2,1-4H3,(H,35,40). The molecule has 3 aromatic heterocycles. The summed E-state index contributed by atoms with van der Waals surface area (Å²) in [6.45, 7) is 0.909. The predicted molar refractivity (Wildman–Crippen MR) is 151 cm³/mol. The third kappa shape index (κ3) is 4.17. The van der Waals surface area contributed by atoms with Crippen LogP contribution in [0.1, 0.15) is 27.4 Å².